The van der Waals surface area contributed by atoms with Gasteiger partial charge in [-0.3, -0.25) is 13.8 Å². The number of likely N-dealkylation sites (N-methyl/N-ethyl adjacent to an activating group) is 1. The topological polar surface area (TPSA) is 105 Å². The molecule has 0 aromatic rings. The molecule has 1 amide bonds. The van der Waals surface area contributed by atoms with E-state index in [9.17, 15) is 19.4 Å². The van der Waals surface area contributed by atoms with Crippen LogP contribution in [0.4, 0.5) is 0 Å². The minimum Gasteiger partial charge on any atom is -0.387 e. The molecule has 0 aliphatic rings. The Morgan fingerprint density at radius 2 is 0.711 bits per heavy atom. The van der Waals surface area contributed by atoms with Crippen molar-refractivity contribution in [1.29, 1.82) is 0 Å². The second-order valence-electron chi connectivity index (χ2n) is 24.6. The molecule has 0 aromatic heterocycles. The molecule has 9 heteroatoms. The lowest BCUT2D eigenvalue weighted by Gasteiger charge is -2.25. The summed E-state index contributed by atoms with van der Waals surface area (Å²) in [5.74, 6) is -0.171. The van der Waals surface area contributed by atoms with Gasteiger partial charge in [0.1, 0.15) is 13.2 Å². The van der Waals surface area contributed by atoms with Crippen LogP contribution in [0.5, 0.6) is 0 Å². The van der Waals surface area contributed by atoms with Crippen LogP contribution in [0.25, 0.3) is 0 Å². The van der Waals surface area contributed by atoms with Gasteiger partial charge in [-0.25, -0.2) is 4.57 Å². The maximum atomic E-state index is 13.0. The number of allylic oxidation sites excluding steroid dienone is 3. The number of nitrogens with zero attached hydrogens (tertiary/aromatic N) is 1. The Labute approximate surface area is 474 Å². The molecule has 0 rings (SSSR count). The number of rotatable bonds is 63. The maximum absolute atomic E-state index is 13.0. The van der Waals surface area contributed by atoms with Crippen molar-refractivity contribution in [2.45, 2.75) is 360 Å². The number of nitrogens with one attached hydrogen (secondary N) is 1. The SMILES string of the molecule is CCCCCCCCCCCCCCC/C=C/C(O)C(COP(=O)(O)OCC[N+](C)(C)C)NC(=O)CCCCCCCCCCCCCCCCCCC/C=C\CCCCCCCCCCCCCCCCCCCC. The number of hydrogen-bond donors (Lipinski definition) is 3. The average Bonchev–Trinajstić information content (AvgIpc) is 3.38. The number of carbonyl (C=O) groups excluding carboxylic acids is 1. The molecule has 0 aromatic carbocycles. The molecule has 0 spiro atoms. The van der Waals surface area contributed by atoms with Gasteiger partial charge < -0.3 is 19.8 Å². The van der Waals surface area contributed by atoms with Gasteiger partial charge in [-0.1, -0.05) is 321 Å². The van der Waals surface area contributed by atoms with Gasteiger partial charge in [0, 0.05) is 6.42 Å². The first-order valence-corrected chi connectivity index (χ1v) is 35.2. The zero-order chi connectivity index (χ0) is 55.6. The molecule has 0 saturated heterocycles. The van der Waals surface area contributed by atoms with Crippen molar-refractivity contribution in [2.75, 3.05) is 40.9 Å². The molecule has 0 saturated carbocycles. The van der Waals surface area contributed by atoms with E-state index in [4.69, 9.17) is 9.05 Å². The standard InChI is InChI=1S/C67H133N2O6P/c1-6-8-10-12-14-16-18-20-22-23-24-25-26-27-28-29-30-31-32-33-34-35-36-37-38-39-40-41-42-43-44-45-47-49-51-53-55-57-59-61-67(71)68-65(64-75-76(72,73)74-63-62-69(3,4)5)66(70)60-58-56-54-52-50-48-46-21-19-17-15-13-11-9-7-2/h33-34,58,60,65-66,70H,6-32,35-57,59,61-64H2,1-5H3,(H-,68,71,72,73)/p+1/b34-33-,60-58+. The number of carbonyl (C=O) groups is 1. The predicted molar refractivity (Wildman–Crippen MR) is 332 cm³/mol. The van der Waals surface area contributed by atoms with Crippen molar-refractivity contribution in [3.63, 3.8) is 0 Å². The van der Waals surface area contributed by atoms with E-state index in [0.717, 1.165) is 38.5 Å². The number of phosphoric acid groups is 1. The number of quaternary nitrogens is 1. The van der Waals surface area contributed by atoms with Gasteiger partial charge in [-0.15, -0.1) is 0 Å². The predicted octanol–water partition coefficient (Wildman–Crippen LogP) is 21.1. The molecule has 8 nitrogen and oxygen atoms in total. The van der Waals surface area contributed by atoms with Crippen LogP contribution >= 0.6 is 7.82 Å². The molecule has 76 heavy (non-hydrogen) atoms. The van der Waals surface area contributed by atoms with Gasteiger partial charge in [-0.2, -0.15) is 0 Å². The third kappa shape index (κ3) is 60.6. The normalized spacial score (nSPS) is 13.8. The van der Waals surface area contributed by atoms with Crippen molar-refractivity contribution < 1.29 is 32.9 Å². The molecular weight excluding hydrogens is 960 g/mol. The molecule has 0 aliphatic carbocycles. The highest BCUT2D eigenvalue weighted by Gasteiger charge is 2.28. The zero-order valence-electron chi connectivity index (χ0n) is 51.8. The van der Waals surface area contributed by atoms with Gasteiger partial charge in [0.05, 0.1) is 39.9 Å². The van der Waals surface area contributed by atoms with Crippen molar-refractivity contribution in [3.8, 4) is 0 Å². The molecule has 0 fully saturated rings. The van der Waals surface area contributed by atoms with E-state index in [0.29, 0.717) is 17.4 Å². The summed E-state index contributed by atoms with van der Waals surface area (Å²) >= 11 is 0. The fourth-order valence-electron chi connectivity index (χ4n) is 10.4. The Hall–Kier alpha value is -1.02. The van der Waals surface area contributed by atoms with Crippen molar-refractivity contribution >= 4 is 13.7 Å². The Morgan fingerprint density at radius 1 is 0.434 bits per heavy atom. The smallest absolute Gasteiger partial charge is 0.387 e. The van der Waals surface area contributed by atoms with Gasteiger partial charge in [0.15, 0.2) is 0 Å². The number of phosphoric ester groups is 1. The Bertz CT molecular complexity index is 1290. The molecule has 3 N–H and O–H groups in total. The number of amides is 1. The number of hydrogen-bond acceptors (Lipinski definition) is 5. The highest BCUT2D eigenvalue weighted by atomic mass is 31.2. The van der Waals surface area contributed by atoms with Gasteiger partial charge >= 0.3 is 7.82 Å². The Balaban J connectivity index is 3.88. The van der Waals surface area contributed by atoms with Crippen LogP contribution in [0.2, 0.25) is 0 Å². The summed E-state index contributed by atoms with van der Waals surface area (Å²) in [6.45, 7) is 4.86. The summed E-state index contributed by atoms with van der Waals surface area (Å²) in [6, 6.07) is -0.844. The molecule has 3 unspecified atom stereocenters. The number of unbranched alkanes of at least 4 members (excludes halogenated alkanes) is 48. The molecule has 0 radical (unpaired) electrons. The lowest BCUT2D eigenvalue weighted by Crippen LogP contribution is -2.45. The largest absolute Gasteiger partial charge is 0.472 e. The van der Waals surface area contributed by atoms with E-state index in [-0.39, 0.29) is 19.1 Å². The van der Waals surface area contributed by atoms with Crippen LogP contribution < -0.4 is 5.32 Å². The van der Waals surface area contributed by atoms with Crippen LogP contribution in [0, 0.1) is 0 Å². The molecule has 3 atom stereocenters. The van der Waals surface area contributed by atoms with Crippen LogP contribution in [-0.2, 0) is 18.4 Å². The zero-order valence-corrected chi connectivity index (χ0v) is 52.7. The van der Waals surface area contributed by atoms with E-state index in [1.165, 1.54) is 289 Å². The quantitative estimate of drug-likeness (QED) is 0.0243. The molecule has 0 aliphatic heterocycles. The van der Waals surface area contributed by atoms with Crippen molar-refractivity contribution in [3.05, 3.63) is 24.3 Å². The summed E-state index contributed by atoms with van der Waals surface area (Å²) in [4.78, 5) is 23.3. The number of aliphatic hydroxyl groups is 1. The summed E-state index contributed by atoms with van der Waals surface area (Å²) < 4.78 is 23.7. The average molecular weight is 1090 g/mol. The van der Waals surface area contributed by atoms with Crippen molar-refractivity contribution in [1.82, 2.24) is 5.32 Å². The highest BCUT2D eigenvalue weighted by Crippen LogP contribution is 2.43. The first kappa shape index (κ1) is 75.0. The van der Waals surface area contributed by atoms with Crippen molar-refractivity contribution in [2.24, 2.45) is 0 Å². The molecular formula is C67H134N2O6P+. The van der Waals surface area contributed by atoms with E-state index in [1.54, 1.807) is 6.08 Å². The van der Waals surface area contributed by atoms with Crippen LogP contribution in [0.1, 0.15) is 348 Å². The maximum Gasteiger partial charge on any atom is 0.472 e. The van der Waals surface area contributed by atoms with Gasteiger partial charge in [-0.05, 0) is 44.9 Å². The summed E-state index contributed by atoms with van der Waals surface area (Å²) in [5, 5.41) is 13.9. The summed E-state index contributed by atoms with van der Waals surface area (Å²) in [7, 11) is 1.59. The monoisotopic (exact) mass is 1090 g/mol. The van der Waals surface area contributed by atoms with E-state index >= 15 is 0 Å². The van der Waals surface area contributed by atoms with Crippen LogP contribution in [0.15, 0.2) is 24.3 Å². The fourth-order valence-corrected chi connectivity index (χ4v) is 11.1. The molecule has 0 heterocycles. The lowest BCUT2D eigenvalue weighted by molar-refractivity contribution is -0.870. The van der Waals surface area contributed by atoms with E-state index in [2.05, 4.69) is 31.3 Å². The second-order valence-corrected chi connectivity index (χ2v) is 26.0. The molecule has 452 valence electrons. The van der Waals surface area contributed by atoms with Gasteiger partial charge in [0.25, 0.3) is 0 Å². The first-order chi connectivity index (χ1) is 37.0. The van der Waals surface area contributed by atoms with Gasteiger partial charge in [0.2, 0.25) is 5.91 Å². The Morgan fingerprint density at radius 3 is 1.01 bits per heavy atom. The highest BCUT2D eigenvalue weighted by molar-refractivity contribution is 7.47. The summed E-state index contributed by atoms with van der Waals surface area (Å²) in [6.07, 6.45) is 76.2. The van der Waals surface area contributed by atoms with Crippen LogP contribution in [0.3, 0.4) is 0 Å². The van der Waals surface area contributed by atoms with E-state index < -0.39 is 20.0 Å². The third-order valence-electron chi connectivity index (χ3n) is 15.7. The number of aliphatic hydroxyl groups excluding tert-OH is 1. The second kappa shape index (κ2) is 58.6. The minimum absolute atomic E-state index is 0.0639. The first-order valence-electron chi connectivity index (χ1n) is 33.7. The fraction of sp³-hybridized carbons (Fsp3) is 0.925. The summed E-state index contributed by atoms with van der Waals surface area (Å²) in [5.41, 5.74) is 0. The Kier molecular flexibility index (Phi) is 57.8. The molecule has 0 bridgehead atoms. The minimum atomic E-state index is -4.34. The van der Waals surface area contributed by atoms with E-state index in [1.807, 2.05) is 27.2 Å². The lowest BCUT2D eigenvalue weighted by atomic mass is 10.0. The van der Waals surface area contributed by atoms with Crippen LogP contribution in [-0.4, -0.2) is 73.4 Å². The third-order valence-corrected chi connectivity index (χ3v) is 16.6.